The number of para-hydroxylation sites is 1. The van der Waals surface area contributed by atoms with E-state index in [-0.39, 0.29) is 5.95 Å². The summed E-state index contributed by atoms with van der Waals surface area (Å²) in [5, 5.41) is 9.50. The van der Waals surface area contributed by atoms with E-state index < -0.39 is 0 Å². The first kappa shape index (κ1) is 15.9. The summed E-state index contributed by atoms with van der Waals surface area (Å²) in [7, 11) is 0. The number of anilines is 1. The third-order valence-corrected chi connectivity index (χ3v) is 4.87. The molecule has 1 aliphatic carbocycles. The first-order valence-corrected chi connectivity index (χ1v) is 9.06. The largest absolute Gasteiger partial charge is 0.368 e. The predicted molar refractivity (Wildman–Crippen MR) is 103 cm³/mol. The van der Waals surface area contributed by atoms with Crippen LogP contribution in [0.15, 0.2) is 42.6 Å². The van der Waals surface area contributed by atoms with Gasteiger partial charge in [0.2, 0.25) is 5.95 Å². The monoisotopic (exact) mass is 357 g/mol. The second-order valence-corrected chi connectivity index (χ2v) is 7.03. The zero-order valence-electron chi connectivity index (χ0n) is 15.0. The van der Waals surface area contributed by atoms with Gasteiger partial charge >= 0.3 is 0 Å². The quantitative estimate of drug-likeness (QED) is 0.603. The molecule has 0 unspecified atom stereocenters. The molecule has 3 aromatic heterocycles. The Morgan fingerprint density at radius 2 is 1.93 bits per heavy atom. The number of nitrogen functional groups attached to an aromatic ring is 1. The van der Waals surface area contributed by atoms with E-state index in [2.05, 4.69) is 32.4 Å². The van der Waals surface area contributed by atoms with Gasteiger partial charge < -0.3 is 5.73 Å². The number of aromatic nitrogens is 6. The van der Waals surface area contributed by atoms with Crippen LogP contribution in [-0.2, 0) is 6.54 Å². The number of hydrogen-bond donors (Lipinski definition) is 1. The van der Waals surface area contributed by atoms with Crippen molar-refractivity contribution in [1.82, 2.24) is 29.9 Å². The third-order valence-electron chi connectivity index (χ3n) is 4.87. The van der Waals surface area contributed by atoms with Crippen LogP contribution >= 0.6 is 0 Å². The molecule has 0 radical (unpaired) electrons. The maximum absolute atomic E-state index is 5.92. The van der Waals surface area contributed by atoms with Crippen LogP contribution in [0, 0.1) is 6.92 Å². The summed E-state index contributed by atoms with van der Waals surface area (Å²) in [6, 6.07) is 12.2. The Morgan fingerprint density at radius 3 is 2.78 bits per heavy atom. The Bertz CT molecular complexity index is 1140. The van der Waals surface area contributed by atoms with E-state index in [0.29, 0.717) is 23.9 Å². The summed E-state index contributed by atoms with van der Waals surface area (Å²) >= 11 is 0. The average Bonchev–Trinajstić information content (AvgIpc) is 3.42. The van der Waals surface area contributed by atoms with Crippen molar-refractivity contribution >= 4 is 16.9 Å². The van der Waals surface area contributed by atoms with Gasteiger partial charge in [-0.25, -0.2) is 14.6 Å². The van der Waals surface area contributed by atoms with Crippen LogP contribution in [0.2, 0.25) is 0 Å². The van der Waals surface area contributed by atoms with Crippen LogP contribution in [-0.4, -0.2) is 29.9 Å². The van der Waals surface area contributed by atoms with Gasteiger partial charge in [0, 0.05) is 17.0 Å². The number of nitrogens with two attached hydrogens (primary N) is 1. The van der Waals surface area contributed by atoms with Gasteiger partial charge in [-0.1, -0.05) is 29.5 Å². The Morgan fingerprint density at radius 1 is 1.07 bits per heavy atom. The summed E-state index contributed by atoms with van der Waals surface area (Å²) in [5.74, 6) is 0.870. The Labute approximate surface area is 156 Å². The highest BCUT2D eigenvalue weighted by Gasteiger charge is 2.24. The molecule has 0 aliphatic heterocycles. The average molecular weight is 357 g/mol. The van der Waals surface area contributed by atoms with Crippen molar-refractivity contribution < 1.29 is 0 Å². The molecule has 0 spiro atoms. The molecule has 134 valence electrons. The van der Waals surface area contributed by atoms with Crippen molar-refractivity contribution in [3.63, 3.8) is 0 Å². The molecule has 0 amide bonds. The Balaban J connectivity index is 1.50. The zero-order valence-corrected chi connectivity index (χ0v) is 15.0. The highest BCUT2D eigenvalue weighted by molar-refractivity contribution is 5.93. The van der Waals surface area contributed by atoms with Crippen LogP contribution < -0.4 is 5.73 Å². The fraction of sp³-hybridized carbons (Fsp3) is 0.250. The van der Waals surface area contributed by atoms with Crippen LogP contribution in [0.5, 0.6) is 0 Å². The van der Waals surface area contributed by atoms with Crippen LogP contribution in [0.4, 0.5) is 5.95 Å². The molecule has 0 saturated heterocycles. The van der Waals surface area contributed by atoms with E-state index in [0.717, 1.165) is 22.2 Å². The number of nitrogens with zero attached hydrogens (tertiary/aromatic N) is 6. The van der Waals surface area contributed by atoms with Crippen LogP contribution in [0.25, 0.3) is 22.3 Å². The summed E-state index contributed by atoms with van der Waals surface area (Å²) in [4.78, 5) is 13.5. The Kier molecular flexibility index (Phi) is 3.60. The molecular formula is C20H19N7. The van der Waals surface area contributed by atoms with Crippen molar-refractivity contribution in [2.24, 2.45) is 0 Å². The smallest absolute Gasteiger partial charge is 0.221 e. The van der Waals surface area contributed by atoms with Gasteiger partial charge in [0.25, 0.3) is 0 Å². The van der Waals surface area contributed by atoms with Crippen molar-refractivity contribution in [2.75, 3.05) is 5.73 Å². The van der Waals surface area contributed by atoms with Gasteiger partial charge in [-0.05, 0) is 37.5 Å². The van der Waals surface area contributed by atoms with Crippen molar-refractivity contribution in [1.29, 1.82) is 0 Å². The highest BCUT2D eigenvalue weighted by Crippen LogP contribution is 2.38. The SMILES string of the molecule is Cc1cccc2c(-c3cn(Cc4cccc(C5CC5)n4)nn3)nc(N)nc12. The predicted octanol–water partition coefficient (Wildman–Crippen LogP) is 3.10. The van der Waals surface area contributed by atoms with Gasteiger partial charge in [-0.15, -0.1) is 5.10 Å². The second-order valence-electron chi connectivity index (χ2n) is 7.03. The molecule has 5 rings (SSSR count). The Hall–Kier alpha value is -3.35. The summed E-state index contributed by atoms with van der Waals surface area (Å²) in [6.45, 7) is 2.58. The molecule has 1 aromatic carbocycles. The maximum atomic E-state index is 5.92. The molecule has 1 saturated carbocycles. The van der Waals surface area contributed by atoms with E-state index in [1.807, 2.05) is 37.4 Å². The van der Waals surface area contributed by atoms with E-state index >= 15 is 0 Å². The highest BCUT2D eigenvalue weighted by atomic mass is 15.4. The lowest BCUT2D eigenvalue weighted by molar-refractivity contribution is 0.636. The van der Waals surface area contributed by atoms with Gasteiger partial charge in [0.15, 0.2) is 0 Å². The minimum absolute atomic E-state index is 0.236. The van der Waals surface area contributed by atoms with Gasteiger partial charge in [0.05, 0.1) is 24.0 Å². The minimum atomic E-state index is 0.236. The molecule has 1 fully saturated rings. The van der Waals surface area contributed by atoms with Crippen molar-refractivity contribution in [2.45, 2.75) is 32.2 Å². The normalized spacial score (nSPS) is 14.0. The first-order valence-electron chi connectivity index (χ1n) is 9.06. The summed E-state index contributed by atoms with van der Waals surface area (Å²) < 4.78 is 1.79. The lowest BCUT2D eigenvalue weighted by atomic mass is 10.1. The van der Waals surface area contributed by atoms with Gasteiger partial charge in [-0.3, -0.25) is 4.98 Å². The number of pyridine rings is 1. The molecular weight excluding hydrogens is 338 g/mol. The van der Waals surface area contributed by atoms with E-state index in [1.54, 1.807) is 4.68 Å². The summed E-state index contributed by atoms with van der Waals surface area (Å²) in [6.07, 6.45) is 4.37. The number of aryl methyl sites for hydroxylation is 1. The van der Waals surface area contributed by atoms with E-state index in [4.69, 9.17) is 10.7 Å². The molecule has 2 N–H and O–H groups in total. The fourth-order valence-corrected chi connectivity index (χ4v) is 3.35. The lowest BCUT2D eigenvalue weighted by Gasteiger charge is -2.06. The number of rotatable bonds is 4. The molecule has 3 heterocycles. The topological polar surface area (TPSA) is 95.4 Å². The molecule has 4 aromatic rings. The van der Waals surface area contributed by atoms with Crippen LogP contribution in [0.1, 0.15) is 35.7 Å². The van der Waals surface area contributed by atoms with Gasteiger partial charge in [0.1, 0.15) is 11.4 Å². The molecule has 27 heavy (non-hydrogen) atoms. The molecule has 7 nitrogen and oxygen atoms in total. The molecule has 1 aliphatic rings. The van der Waals surface area contributed by atoms with E-state index in [9.17, 15) is 0 Å². The van der Waals surface area contributed by atoms with Crippen molar-refractivity contribution in [3.8, 4) is 11.4 Å². The zero-order chi connectivity index (χ0) is 18.4. The third kappa shape index (κ3) is 3.01. The standard InChI is InChI=1S/C20H19N7/c1-12-4-2-6-15-18(12)23-20(21)24-19(15)17-11-27(26-25-17)10-14-5-3-7-16(22-14)13-8-9-13/h2-7,11,13H,8-10H2,1H3,(H2,21,23,24). The summed E-state index contributed by atoms with van der Waals surface area (Å²) in [5.41, 5.74) is 11.4. The minimum Gasteiger partial charge on any atom is -0.368 e. The first-order chi connectivity index (χ1) is 13.2. The molecule has 7 heteroatoms. The number of benzene rings is 1. The van der Waals surface area contributed by atoms with Crippen molar-refractivity contribution in [3.05, 3.63) is 59.5 Å². The van der Waals surface area contributed by atoms with E-state index in [1.165, 1.54) is 18.5 Å². The maximum Gasteiger partial charge on any atom is 0.221 e. The fourth-order valence-electron chi connectivity index (χ4n) is 3.35. The lowest BCUT2D eigenvalue weighted by Crippen LogP contribution is -2.03. The molecule has 0 bridgehead atoms. The second kappa shape index (κ2) is 6.12. The van der Waals surface area contributed by atoms with Gasteiger partial charge in [-0.2, -0.15) is 0 Å². The number of fused-ring (bicyclic) bond motifs is 1. The van der Waals surface area contributed by atoms with Crippen LogP contribution in [0.3, 0.4) is 0 Å². The number of hydrogen-bond acceptors (Lipinski definition) is 6. The molecule has 0 atom stereocenters.